The Bertz CT molecular complexity index is 533. The Morgan fingerprint density at radius 2 is 2.05 bits per heavy atom. The quantitative estimate of drug-likeness (QED) is 0.873. The molecule has 1 saturated heterocycles. The Balaban J connectivity index is 1.91. The van der Waals surface area contributed by atoms with Crippen LogP contribution < -0.4 is 5.32 Å². The number of halogens is 1. The number of hydrogen-bond donors (Lipinski definition) is 2. The summed E-state index contributed by atoms with van der Waals surface area (Å²) in [7, 11) is 0. The van der Waals surface area contributed by atoms with E-state index in [0.29, 0.717) is 18.0 Å². The molecule has 1 aliphatic rings. The number of rotatable bonds is 5. The predicted octanol–water partition coefficient (Wildman–Crippen LogP) is 2.46. The van der Waals surface area contributed by atoms with Crippen molar-refractivity contribution < 1.29 is 14.7 Å². The molecule has 0 aliphatic carbocycles. The first-order valence-corrected chi connectivity index (χ1v) is 7.87. The van der Waals surface area contributed by atoms with E-state index in [0.717, 1.165) is 18.4 Å². The van der Waals surface area contributed by atoms with Gasteiger partial charge in [-0.05, 0) is 44.0 Å². The molecule has 120 valence electrons. The van der Waals surface area contributed by atoms with Crippen molar-refractivity contribution in [1.82, 2.24) is 10.2 Å². The zero-order valence-electron chi connectivity index (χ0n) is 12.6. The van der Waals surface area contributed by atoms with Crippen LogP contribution in [0.25, 0.3) is 0 Å². The molecule has 22 heavy (non-hydrogen) atoms. The summed E-state index contributed by atoms with van der Waals surface area (Å²) in [5, 5.41) is 12.8. The van der Waals surface area contributed by atoms with Gasteiger partial charge >= 0.3 is 5.97 Å². The maximum absolute atomic E-state index is 12.2. The molecule has 0 spiro atoms. The van der Waals surface area contributed by atoms with Gasteiger partial charge in [0.25, 0.3) is 0 Å². The highest BCUT2D eigenvalue weighted by Crippen LogP contribution is 2.18. The Morgan fingerprint density at radius 1 is 1.36 bits per heavy atom. The zero-order valence-corrected chi connectivity index (χ0v) is 13.3. The van der Waals surface area contributed by atoms with E-state index in [9.17, 15) is 14.7 Å². The summed E-state index contributed by atoms with van der Waals surface area (Å²) in [5.74, 6) is -1.01. The Morgan fingerprint density at radius 3 is 2.68 bits per heavy atom. The molecule has 0 saturated carbocycles. The SMILES string of the molecule is C[C@H](NC(=O)CN1CCCC[C@@H]1C(=O)O)c1ccc(Cl)cc1. The van der Waals surface area contributed by atoms with Gasteiger partial charge in [-0.3, -0.25) is 14.5 Å². The molecule has 1 aromatic carbocycles. The van der Waals surface area contributed by atoms with Crippen LogP contribution in [-0.2, 0) is 9.59 Å². The number of carboxylic acids is 1. The molecular formula is C16H21ClN2O3. The normalized spacial score (nSPS) is 20.4. The van der Waals surface area contributed by atoms with Crippen molar-refractivity contribution in [3.63, 3.8) is 0 Å². The van der Waals surface area contributed by atoms with Gasteiger partial charge < -0.3 is 10.4 Å². The van der Waals surface area contributed by atoms with Crippen LogP contribution in [0.2, 0.25) is 5.02 Å². The van der Waals surface area contributed by atoms with Gasteiger partial charge in [-0.1, -0.05) is 30.2 Å². The molecule has 0 aromatic heterocycles. The number of carboxylic acid groups (broad SMARTS) is 1. The van der Waals surface area contributed by atoms with Crippen molar-refractivity contribution in [2.24, 2.45) is 0 Å². The Kier molecular flexibility index (Phi) is 5.80. The smallest absolute Gasteiger partial charge is 0.320 e. The summed E-state index contributed by atoms with van der Waals surface area (Å²) in [6.45, 7) is 2.67. The largest absolute Gasteiger partial charge is 0.480 e. The number of aliphatic carboxylic acids is 1. The van der Waals surface area contributed by atoms with Crippen LogP contribution in [0, 0.1) is 0 Å². The molecule has 0 radical (unpaired) electrons. The standard InChI is InChI=1S/C16H21ClN2O3/c1-11(12-5-7-13(17)8-6-12)18-15(20)10-19-9-3-2-4-14(19)16(21)22/h5-8,11,14H,2-4,9-10H2,1H3,(H,18,20)(H,21,22)/t11-,14+/m0/s1. The average molecular weight is 325 g/mol. The lowest BCUT2D eigenvalue weighted by molar-refractivity contribution is -0.145. The van der Waals surface area contributed by atoms with Crippen molar-refractivity contribution in [3.8, 4) is 0 Å². The maximum Gasteiger partial charge on any atom is 0.320 e. The molecule has 1 aromatic rings. The number of nitrogens with one attached hydrogen (secondary N) is 1. The zero-order chi connectivity index (χ0) is 16.1. The fourth-order valence-electron chi connectivity index (χ4n) is 2.77. The average Bonchev–Trinajstić information content (AvgIpc) is 2.48. The van der Waals surface area contributed by atoms with Crippen LogP contribution in [0.3, 0.4) is 0 Å². The van der Waals surface area contributed by atoms with Crippen LogP contribution >= 0.6 is 11.6 Å². The lowest BCUT2D eigenvalue weighted by Crippen LogP contribution is -2.49. The van der Waals surface area contributed by atoms with E-state index in [2.05, 4.69) is 5.32 Å². The molecule has 2 atom stereocenters. The van der Waals surface area contributed by atoms with Gasteiger partial charge in [0.2, 0.25) is 5.91 Å². The summed E-state index contributed by atoms with van der Waals surface area (Å²) in [5.41, 5.74) is 0.964. The van der Waals surface area contributed by atoms with Crippen molar-refractivity contribution in [1.29, 1.82) is 0 Å². The fraction of sp³-hybridized carbons (Fsp3) is 0.500. The lowest BCUT2D eigenvalue weighted by Gasteiger charge is -2.32. The molecule has 2 rings (SSSR count). The van der Waals surface area contributed by atoms with Gasteiger partial charge in [0.1, 0.15) is 6.04 Å². The second kappa shape index (κ2) is 7.61. The molecule has 0 unspecified atom stereocenters. The first-order valence-electron chi connectivity index (χ1n) is 7.49. The molecule has 2 N–H and O–H groups in total. The lowest BCUT2D eigenvalue weighted by atomic mass is 10.0. The fourth-order valence-corrected chi connectivity index (χ4v) is 2.89. The van der Waals surface area contributed by atoms with Gasteiger partial charge in [0, 0.05) is 5.02 Å². The molecule has 1 fully saturated rings. The van der Waals surface area contributed by atoms with Crippen LogP contribution in [0.15, 0.2) is 24.3 Å². The van der Waals surface area contributed by atoms with E-state index in [-0.39, 0.29) is 18.5 Å². The summed E-state index contributed by atoms with van der Waals surface area (Å²) < 4.78 is 0. The van der Waals surface area contributed by atoms with E-state index in [1.165, 1.54) is 0 Å². The number of piperidine rings is 1. The molecule has 5 nitrogen and oxygen atoms in total. The van der Waals surface area contributed by atoms with Crippen LogP contribution in [0.5, 0.6) is 0 Å². The maximum atomic E-state index is 12.2. The second-order valence-corrected chi connectivity index (χ2v) is 6.10. The Labute approximate surface area is 135 Å². The van der Waals surface area contributed by atoms with E-state index >= 15 is 0 Å². The van der Waals surface area contributed by atoms with Crippen LogP contribution in [0.4, 0.5) is 0 Å². The number of hydrogen-bond acceptors (Lipinski definition) is 3. The van der Waals surface area contributed by atoms with Crippen LogP contribution in [0.1, 0.15) is 37.8 Å². The highest BCUT2D eigenvalue weighted by molar-refractivity contribution is 6.30. The number of nitrogens with zero attached hydrogens (tertiary/aromatic N) is 1. The topological polar surface area (TPSA) is 69.6 Å². The number of carbonyl (C=O) groups excluding carboxylic acids is 1. The van der Waals surface area contributed by atoms with Gasteiger partial charge in [-0.2, -0.15) is 0 Å². The number of likely N-dealkylation sites (tertiary alicyclic amines) is 1. The van der Waals surface area contributed by atoms with Crippen molar-refractivity contribution in [2.45, 2.75) is 38.3 Å². The molecule has 1 aliphatic heterocycles. The van der Waals surface area contributed by atoms with Crippen molar-refractivity contribution >= 4 is 23.5 Å². The number of benzene rings is 1. The van der Waals surface area contributed by atoms with Gasteiger partial charge in [-0.25, -0.2) is 0 Å². The molecule has 6 heteroatoms. The van der Waals surface area contributed by atoms with E-state index in [1.54, 1.807) is 17.0 Å². The summed E-state index contributed by atoms with van der Waals surface area (Å²) in [6, 6.07) is 6.61. The van der Waals surface area contributed by atoms with Crippen LogP contribution in [-0.4, -0.2) is 41.0 Å². The van der Waals surface area contributed by atoms with E-state index in [1.807, 2.05) is 19.1 Å². The Hall–Kier alpha value is -1.59. The van der Waals surface area contributed by atoms with Gasteiger partial charge in [-0.15, -0.1) is 0 Å². The van der Waals surface area contributed by atoms with E-state index in [4.69, 9.17) is 11.6 Å². The monoisotopic (exact) mass is 324 g/mol. The molecule has 0 bridgehead atoms. The minimum atomic E-state index is -0.849. The third-order valence-corrected chi connectivity index (χ3v) is 4.24. The minimum Gasteiger partial charge on any atom is -0.480 e. The third kappa shape index (κ3) is 4.45. The number of carbonyl (C=O) groups is 2. The number of amides is 1. The first kappa shape index (κ1) is 16.8. The molecule has 1 amide bonds. The third-order valence-electron chi connectivity index (χ3n) is 3.99. The summed E-state index contributed by atoms with van der Waals surface area (Å²) in [4.78, 5) is 25.1. The highest BCUT2D eigenvalue weighted by Gasteiger charge is 2.29. The van der Waals surface area contributed by atoms with Crippen molar-refractivity contribution in [3.05, 3.63) is 34.9 Å². The van der Waals surface area contributed by atoms with Gasteiger partial charge in [0.15, 0.2) is 0 Å². The van der Waals surface area contributed by atoms with Crippen molar-refractivity contribution in [2.75, 3.05) is 13.1 Å². The molecule has 1 heterocycles. The predicted molar refractivity (Wildman–Crippen MR) is 84.9 cm³/mol. The highest BCUT2D eigenvalue weighted by atomic mass is 35.5. The summed E-state index contributed by atoms with van der Waals surface area (Å²) >= 11 is 5.85. The van der Waals surface area contributed by atoms with Gasteiger partial charge in [0.05, 0.1) is 12.6 Å². The minimum absolute atomic E-state index is 0.120. The van der Waals surface area contributed by atoms with E-state index < -0.39 is 12.0 Å². The summed E-state index contributed by atoms with van der Waals surface area (Å²) in [6.07, 6.45) is 2.44. The second-order valence-electron chi connectivity index (χ2n) is 5.66. The first-order chi connectivity index (χ1) is 10.5. The molecular weight excluding hydrogens is 304 g/mol.